The smallest absolute Gasteiger partial charge is 0.269 e. The minimum Gasteiger partial charge on any atom is -0.354 e. The fourth-order valence-corrected chi connectivity index (χ4v) is 3.70. The molecule has 0 unspecified atom stereocenters. The third-order valence-corrected chi connectivity index (χ3v) is 5.69. The molecule has 0 aliphatic heterocycles. The Balaban J connectivity index is 1.36. The Morgan fingerprint density at radius 3 is 2.76 bits per heavy atom. The lowest BCUT2D eigenvalue weighted by Gasteiger charge is -2.07. The van der Waals surface area contributed by atoms with Gasteiger partial charge in [-0.1, -0.05) is 23.9 Å². The van der Waals surface area contributed by atoms with E-state index < -0.39 is 4.92 Å². The summed E-state index contributed by atoms with van der Waals surface area (Å²) in [6.07, 6.45) is 2.85. The van der Waals surface area contributed by atoms with Crippen LogP contribution in [-0.4, -0.2) is 62.7 Å². The topological polar surface area (TPSA) is 169 Å². The standard InChI is InChI=1S/C18H18N10O4S/c1-25-18(22-23-24-25)33-10-15(29)19-6-7-27-16-14(8-21-27)17(30)26(11-20-16)9-12-2-4-13(5-3-12)28(31)32/h2-5,8,11H,6-7,9-10H2,1H3,(H,19,29). The number of benzene rings is 1. The van der Waals surface area contributed by atoms with Gasteiger partial charge in [0.15, 0.2) is 5.65 Å². The van der Waals surface area contributed by atoms with Gasteiger partial charge in [-0.3, -0.25) is 24.3 Å². The summed E-state index contributed by atoms with van der Waals surface area (Å²) >= 11 is 1.22. The van der Waals surface area contributed by atoms with Crippen molar-refractivity contribution in [3.8, 4) is 0 Å². The van der Waals surface area contributed by atoms with E-state index in [0.717, 1.165) is 5.56 Å². The third-order valence-electron chi connectivity index (χ3n) is 4.68. The monoisotopic (exact) mass is 470 g/mol. The number of rotatable bonds is 9. The first-order valence-corrected chi connectivity index (χ1v) is 10.7. The van der Waals surface area contributed by atoms with Crippen molar-refractivity contribution in [1.29, 1.82) is 0 Å². The highest BCUT2D eigenvalue weighted by atomic mass is 32.2. The van der Waals surface area contributed by atoms with E-state index in [4.69, 9.17) is 0 Å². The van der Waals surface area contributed by atoms with Gasteiger partial charge in [-0.2, -0.15) is 5.10 Å². The Hall–Kier alpha value is -4.14. The average Bonchev–Trinajstić information content (AvgIpc) is 3.41. The Kier molecular flexibility index (Phi) is 6.39. The highest BCUT2D eigenvalue weighted by Crippen LogP contribution is 2.13. The van der Waals surface area contributed by atoms with Crippen LogP contribution in [0.1, 0.15) is 5.56 Å². The van der Waals surface area contributed by atoms with Crippen LogP contribution >= 0.6 is 11.8 Å². The summed E-state index contributed by atoms with van der Waals surface area (Å²) < 4.78 is 4.44. The van der Waals surface area contributed by atoms with E-state index in [9.17, 15) is 19.7 Å². The van der Waals surface area contributed by atoms with Gasteiger partial charge in [0.25, 0.3) is 11.2 Å². The molecule has 0 fully saturated rings. The lowest BCUT2D eigenvalue weighted by molar-refractivity contribution is -0.384. The van der Waals surface area contributed by atoms with Crippen molar-refractivity contribution >= 4 is 34.4 Å². The molecule has 0 spiro atoms. The number of aromatic nitrogens is 8. The number of non-ortho nitro benzene ring substituents is 1. The Bertz CT molecular complexity index is 1360. The predicted octanol–water partition coefficient (Wildman–Crippen LogP) is -0.0185. The van der Waals surface area contributed by atoms with Crippen LogP contribution in [-0.2, 0) is 24.9 Å². The van der Waals surface area contributed by atoms with Crippen molar-refractivity contribution in [1.82, 2.24) is 44.9 Å². The number of tetrazole rings is 1. The van der Waals surface area contributed by atoms with Crippen molar-refractivity contribution in [2.24, 2.45) is 7.05 Å². The van der Waals surface area contributed by atoms with Crippen LogP contribution in [0.5, 0.6) is 0 Å². The van der Waals surface area contributed by atoms with Gasteiger partial charge in [-0.15, -0.1) is 5.10 Å². The highest BCUT2D eigenvalue weighted by molar-refractivity contribution is 7.99. The molecule has 3 aromatic heterocycles. The number of nitrogens with zero attached hydrogens (tertiary/aromatic N) is 9. The van der Waals surface area contributed by atoms with Crippen LogP contribution in [0.2, 0.25) is 0 Å². The molecular weight excluding hydrogens is 452 g/mol. The highest BCUT2D eigenvalue weighted by Gasteiger charge is 2.12. The molecule has 0 saturated carbocycles. The third kappa shape index (κ3) is 5.03. The first kappa shape index (κ1) is 22.1. The second kappa shape index (κ2) is 9.56. The molecule has 1 amide bonds. The van der Waals surface area contributed by atoms with Crippen LogP contribution < -0.4 is 10.9 Å². The van der Waals surface area contributed by atoms with E-state index in [-0.39, 0.29) is 29.5 Å². The zero-order chi connectivity index (χ0) is 23.4. The zero-order valence-corrected chi connectivity index (χ0v) is 18.2. The SMILES string of the molecule is Cn1nnnc1SCC(=O)NCCn1ncc2c(=O)n(Cc3ccc([N+](=O)[O-])cc3)cnc21. The number of carbonyl (C=O) groups is 1. The molecule has 3 heterocycles. The van der Waals surface area contributed by atoms with Crippen molar-refractivity contribution < 1.29 is 9.72 Å². The summed E-state index contributed by atoms with van der Waals surface area (Å²) in [5, 5.41) is 29.7. The van der Waals surface area contributed by atoms with Crippen LogP contribution in [0.4, 0.5) is 5.69 Å². The second-order valence-corrected chi connectivity index (χ2v) is 7.87. The van der Waals surface area contributed by atoms with Gasteiger partial charge in [0.05, 0.1) is 30.0 Å². The van der Waals surface area contributed by atoms with Gasteiger partial charge in [-0.25, -0.2) is 14.3 Å². The summed E-state index contributed by atoms with van der Waals surface area (Å²) in [6.45, 7) is 0.866. The van der Waals surface area contributed by atoms with Gasteiger partial charge in [0.2, 0.25) is 11.1 Å². The molecule has 0 aliphatic carbocycles. The molecule has 1 N–H and O–H groups in total. The first-order valence-electron chi connectivity index (χ1n) is 9.68. The molecule has 0 atom stereocenters. The average molecular weight is 470 g/mol. The van der Waals surface area contributed by atoms with Crippen LogP contribution in [0.3, 0.4) is 0 Å². The van der Waals surface area contributed by atoms with E-state index in [1.807, 2.05) is 0 Å². The number of carbonyl (C=O) groups excluding carboxylic acids is 1. The van der Waals surface area contributed by atoms with Gasteiger partial charge in [0, 0.05) is 25.7 Å². The Labute approximate surface area is 189 Å². The maximum atomic E-state index is 12.8. The number of hydrogen-bond donors (Lipinski definition) is 1. The number of nitro benzene ring substituents is 1. The van der Waals surface area contributed by atoms with Gasteiger partial charge in [-0.05, 0) is 16.0 Å². The van der Waals surface area contributed by atoms with Crippen molar-refractivity contribution in [2.75, 3.05) is 12.3 Å². The van der Waals surface area contributed by atoms with E-state index in [1.165, 1.54) is 45.7 Å². The molecule has 1 aromatic carbocycles. The van der Waals surface area contributed by atoms with Crippen LogP contribution in [0, 0.1) is 10.1 Å². The van der Waals surface area contributed by atoms with E-state index in [1.54, 1.807) is 23.9 Å². The van der Waals surface area contributed by atoms with E-state index >= 15 is 0 Å². The molecule has 4 aromatic rings. The molecule has 0 bridgehead atoms. The van der Waals surface area contributed by atoms with Crippen LogP contribution in [0.15, 0.2) is 46.7 Å². The molecule has 15 heteroatoms. The molecule has 0 saturated heterocycles. The van der Waals surface area contributed by atoms with Crippen molar-refractivity contribution in [3.63, 3.8) is 0 Å². The number of hydrogen-bond acceptors (Lipinski definition) is 10. The lowest BCUT2D eigenvalue weighted by atomic mass is 10.2. The number of nitrogens with one attached hydrogen (secondary N) is 1. The number of fused-ring (bicyclic) bond motifs is 1. The first-order chi connectivity index (χ1) is 15.9. The Morgan fingerprint density at radius 1 is 1.27 bits per heavy atom. The van der Waals surface area contributed by atoms with Gasteiger partial charge < -0.3 is 5.32 Å². The summed E-state index contributed by atoms with van der Waals surface area (Å²) in [4.78, 5) is 39.5. The minimum absolute atomic E-state index is 0.0164. The second-order valence-electron chi connectivity index (χ2n) is 6.93. The van der Waals surface area contributed by atoms with Crippen molar-refractivity contribution in [2.45, 2.75) is 18.2 Å². The van der Waals surface area contributed by atoms with Gasteiger partial charge >= 0.3 is 0 Å². The maximum absolute atomic E-state index is 12.8. The maximum Gasteiger partial charge on any atom is 0.269 e. The minimum atomic E-state index is -0.478. The largest absolute Gasteiger partial charge is 0.354 e. The molecule has 0 aliphatic rings. The molecule has 0 radical (unpaired) electrons. The van der Waals surface area contributed by atoms with Crippen LogP contribution in [0.25, 0.3) is 11.0 Å². The number of thioether (sulfide) groups is 1. The normalized spacial score (nSPS) is 11.1. The number of amides is 1. The summed E-state index contributed by atoms with van der Waals surface area (Å²) in [5.41, 5.74) is 0.849. The molecule has 14 nitrogen and oxygen atoms in total. The van der Waals surface area contributed by atoms with E-state index in [0.29, 0.717) is 29.3 Å². The lowest BCUT2D eigenvalue weighted by Crippen LogP contribution is -2.29. The molecule has 4 rings (SSSR count). The summed E-state index contributed by atoms with van der Waals surface area (Å²) in [7, 11) is 1.69. The zero-order valence-electron chi connectivity index (χ0n) is 17.4. The number of nitro groups is 1. The predicted molar refractivity (Wildman–Crippen MR) is 117 cm³/mol. The molecular formula is C18H18N10O4S. The Morgan fingerprint density at radius 2 is 2.06 bits per heavy atom. The summed E-state index contributed by atoms with van der Waals surface area (Å²) in [6, 6.07) is 5.97. The van der Waals surface area contributed by atoms with E-state index in [2.05, 4.69) is 30.9 Å². The van der Waals surface area contributed by atoms with Crippen molar-refractivity contribution in [3.05, 3.63) is 62.8 Å². The molecule has 33 heavy (non-hydrogen) atoms. The number of aryl methyl sites for hydroxylation is 1. The quantitative estimate of drug-likeness (QED) is 0.199. The van der Waals surface area contributed by atoms with Gasteiger partial charge in [0.1, 0.15) is 11.7 Å². The fourth-order valence-electron chi connectivity index (χ4n) is 3.02. The fraction of sp³-hybridized carbons (Fsp3) is 0.278. The summed E-state index contributed by atoms with van der Waals surface area (Å²) in [5.74, 6) is -0.0162. The molecule has 170 valence electrons.